The number of nitrogens with one attached hydrogen (secondary N) is 1. The summed E-state index contributed by atoms with van der Waals surface area (Å²) in [5.41, 5.74) is 0.904. The van der Waals surface area contributed by atoms with E-state index in [1.54, 1.807) is 17.0 Å². The number of carbonyl (C=O) groups is 1. The number of hydrogen-bond donors (Lipinski definition) is 1. The van der Waals surface area contributed by atoms with Crippen molar-refractivity contribution in [1.82, 2.24) is 14.9 Å². The Labute approximate surface area is 124 Å². The van der Waals surface area contributed by atoms with Crippen molar-refractivity contribution in [2.75, 3.05) is 6.54 Å². The number of hydrogen-bond acceptors (Lipinski definition) is 3. The minimum absolute atomic E-state index is 0.0150. The van der Waals surface area contributed by atoms with Gasteiger partial charge in [-0.2, -0.15) is 0 Å². The topological polar surface area (TPSA) is 64.0 Å². The van der Waals surface area contributed by atoms with E-state index in [0.29, 0.717) is 19.0 Å². The van der Waals surface area contributed by atoms with Crippen LogP contribution in [0, 0.1) is 5.92 Å². The minimum atomic E-state index is -0.0150. The van der Waals surface area contributed by atoms with Crippen LogP contribution in [-0.4, -0.2) is 22.0 Å². The summed E-state index contributed by atoms with van der Waals surface area (Å²) in [4.78, 5) is 28.3. The van der Waals surface area contributed by atoms with Gasteiger partial charge in [-0.15, -0.1) is 0 Å². The molecule has 2 aliphatic carbocycles. The van der Waals surface area contributed by atoms with E-state index in [4.69, 9.17) is 0 Å². The Hall–Kier alpha value is -1.65. The molecule has 2 saturated carbocycles. The molecule has 1 amide bonds. The van der Waals surface area contributed by atoms with Crippen molar-refractivity contribution in [2.45, 2.75) is 57.4 Å². The van der Waals surface area contributed by atoms with Crippen LogP contribution in [-0.2, 0) is 11.3 Å². The van der Waals surface area contributed by atoms with Gasteiger partial charge in [0.25, 0.3) is 5.56 Å². The fourth-order valence-electron chi connectivity index (χ4n) is 3.02. The molecule has 5 heteroatoms. The molecule has 3 rings (SSSR count). The first-order valence-electron chi connectivity index (χ1n) is 8.08. The Morgan fingerprint density at radius 3 is 2.67 bits per heavy atom. The van der Waals surface area contributed by atoms with E-state index in [0.717, 1.165) is 44.2 Å². The molecular weight excluding hydrogens is 266 g/mol. The van der Waals surface area contributed by atoms with Crippen molar-refractivity contribution in [1.29, 1.82) is 0 Å². The van der Waals surface area contributed by atoms with E-state index in [2.05, 4.69) is 10.3 Å². The fourth-order valence-corrected chi connectivity index (χ4v) is 3.02. The van der Waals surface area contributed by atoms with Gasteiger partial charge < -0.3 is 5.32 Å². The zero-order valence-corrected chi connectivity index (χ0v) is 12.4. The molecule has 0 saturated heterocycles. The molecule has 0 atom stereocenters. The largest absolute Gasteiger partial charge is 0.354 e. The van der Waals surface area contributed by atoms with Crippen molar-refractivity contribution < 1.29 is 4.79 Å². The molecule has 114 valence electrons. The van der Waals surface area contributed by atoms with Gasteiger partial charge in [0.1, 0.15) is 0 Å². The van der Waals surface area contributed by atoms with Crippen LogP contribution in [0.3, 0.4) is 0 Å². The number of amides is 1. The van der Waals surface area contributed by atoms with Crippen molar-refractivity contribution in [3.05, 3.63) is 28.4 Å². The molecule has 0 aromatic carbocycles. The number of carbonyl (C=O) groups excluding carboxylic acids is 1. The van der Waals surface area contributed by atoms with Gasteiger partial charge >= 0.3 is 0 Å². The Balaban J connectivity index is 1.48. The van der Waals surface area contributed by atoms with Gasteiger partial charge in [0, 0.05) is 31.0 Å². The average molecular weight is 289 g/mol. The molecule has 0 aliphatic heterocycles. The van der Waals surface area contributed by atoms with Gasteiger partial charge in [-0.3, -0.25) is 14.2 Å². The predicted molar refractivity (Wildman–Crippen MR) is 80.1 cm³/mol. The lowest BCUT2D eigenvalue weighted by Gasteiger charge is -2.20. The monoisotopic (exact) mass is 289 g/mol. The third-order valence-electron chi connectivity index (χ3n) is 4.52. The molecule has 0 spiro atoms. The normalized spacial score (nSPS) is 19.4. The number of aromatic nitrogens is 2. The number of rotatable bonds is 5. The maximum atomic E-state index is 12.0. The lowest BCUT2D eigenvalue weighted by molar-refractivity contribution is -0.125. The van der Waals surface area contributed by atoms with E-state index < -0.39 is 0 Å². The highest BCUT2D eigenvalue weighted by atomic mass is 16.2. The molecule has 2 fully saturated rings. The van der Waals surface area contributed by atoms with Crippen LogP contribution in [0.25, 0.3) is 0 Å². The Kier molecular flexibility index (Phi) is 4.36. The Bertz CT molecular complexity index is 557. The van der Waals surface area contributed by atoms with Crippen molar-refractivity contribution >= 4 is 5.91 Å². The third-order valence-corrected chi connectivity index (χ3v) is 4.52. The van der Waals surface area contributed by atoms with E-state index in [9.17, 15) is 9.59 Å². The summed E-state index contributed by atoms with van der Waals surface area (Å²) in [6, 6.07) is 1.64. The minimum Gasteiger partial charge on any atom is -0.354 e. The van der Waals surface area contributed by atoms with Crippen LogP contribution in [0.5, 0.6) is 0 Å². The second kappa shape index (κ2) is 6.41. The van der Waals surface area contributed by atoms with Gasteiger partial charge in [0.15, 0.2) is 0 Å². The highest BCUT2D eigenvalue weighted by Crippen LogP contribution is 2.38. The summed E-state index contributed by atoms with van der Waals surface area (Å²) in [6.45, 7) is 0.995. The third kappa shape index (κ3) is 3.71. The summed E-state index contributed by atoms with van der Waals surface area (Å²) >= 11 is 0. The summed E-state index contributed by atoms with van der Waals surface area (Å²) in [5.74, 6) is 0.814. The molecule has 1 aromatic rings. The first kappa shape index (κ1) is 14.3. The van der Waals surface area contributed by atoms with Crippen LogP contribution >= 0.6 is 0 Å². The van der Waals surface area contributed by atoms with Gasteiger partial charge in [0.05, 0.1) is 12.0 Å². The quantitative estimate of drug-likeness (QED) is 0.899. The predicted octanol–water partition coefficient (Wildman–Crippen LogP) is 1.82. The van der Waals surface area contributed by atoms with Crippen molar-refractivity contribution in [3.8, 4) is 0 Å². The Morgan fingerprint density at radius 2 is 2.00 bits per heavy atom. The van der Waals surface area contributed by atoms with Crippen LogP contribution < -0.4 is 10.9 Å². The smallest absolute Gasteiger partial charge is 0.253 e. The van der Waals surface area contributed by atoms with Gasteiger partial charge in [0.2, 0.25) is 5.91 Å². The van der Waals surface area contributed by atoms with Crippen LogP contribution in [0.2, 0.25) is 0 Å². The summed E-state index contributed by atoms with van der Waals surface area (Å²) < 4.78 is 1.58. The van der Waals surface area contributed by atoms with E-state index in [1.807, 2.05) is 0 Å². The second-order valence-corrected chi connectivity index (χ2v) is 6.25. The molecule has 0 radical (unpaired) electrons. The van der Waals surface area contributed by atoms with Crippen LogP contribution in [0.1, 0.15) is 56.6 Å². The molecule has 21 heavy (non-hydrogen) atoms. The van der Waals surface area contributed by atoms with Gasteiger partial charge in [-0.1, -0.05) is 19.3 Å². The summed E-state index contributed by atoms with van der Waals surface area (Å²) in [5, 5.41) is 2.95. The molecule has 0 bridgehead atoms. The highest BCUT2D eigenvalue weighted by Gasteiger charge is 2.25. The standard InChI is InChI=1S/C16H23N3O2/c20-15-10-14(12-6-7-12)18-11-19(15)9-8-17-16(21)13-4-2-1-3-5-13/h10-13H,1-9H2,(H,17,21). The zero-order valence-electron chi connectivity index (χ0n) is 12.4. The average Bonchev–Trinajstić information content (AvgIpc) is 3.34. The maximum absolute atomic E-state index is 12.0. The van der Waals surface area contributed by atoms with Crippen molar-refractivity contribution in [3.63, 3.8) is 0 Å². The molecule has 2 aliphatic rings. The van der Waals surface area contributed by atoms with E-state index in [1.165, 1.54) is 6.42 Å². The first-order valence-corrected chi connectivity index (χ1v) is 8.08. The highest BCUT2D eigenvalue weighted by molar-refractivity contribution is 5.78. The second-order valence-electron chi connectivity index (χ2n) is 6.25. The number of nitrogens with zero attached hydrogens (tertiary/aromatic N) is 2. The van der Waals surface area contributed by atoms with Gasteiger partial charge in [-0.25, -0.2) is 4.98 Å². The molecule has 1 heterocycles. The lowest BCUT2D eigenvalue weighted by atomic mass is 9.89. The zero-order chi connectivity index (χ0) is 14.7. The molecule has 5 nitrogen and oxygen atoms in total. The van der Waals surface area contributed by atoms with Gasteiger partial charge in [-0.05, 0) is 25.7 Å². The van der Waals surface area contributed by atoms with Crippen LogP contribution in [0.15, 0.2) is 17.2 Å². The lowest BCUT2D eigenvalue weighted by Crippen LogP contribution is -2.35. The summed E-state index contributed by atoms with van der Waals surface area (Å²) in [6.07, 6.45) is 9.48. The van der Waals surface area contributed by atoms with Crippen molar-refractivity contribution in [2.24, 2.45) is 5.92 Å². The molecule has 1 N–H and O–H groups in total. The summed E-state index contributed by atoms with van der Waals surface area (Å²) in [7, 11) is 0. The molecular formula is C16H23N3O2. The van der Waals surface area contributed by atoms with E-state index >= 15 is 0 Å². The van der Waals surface area contributed by atoms with Crippen LogP contribution in [0.4, 0.5) is 0 Å². The molecule has 1 aromatic heterocycles. The Morgan fingerprint density at radius 1 is 1.24 bits per heavy atom. The first-order chi connectivity index (χ1) is 10.2. The molecule has 0 unspecified atom stereocenters. The SMILES string of the molecule is O=C(NCCn1cnc(C2CC2)cc1=O)C1CCCCC1. The fraction of sp³-hybridized carbons (Fsp3) is 0.688. The maximum Gasteiger partial charge on any atom is 0.253 e. The van der Waals surface area contributed by atoms with E-state index in [-0.39, 0.29) is 17.4 Å².